The highest BCUT2D eigenvalue weighted by Crippen LogP contribution is 2.36. The third-order valence-electron chi connectivity index (χ3n) is 4.00. The third-order valence-corrected chi connectivity index (χ3v) is 4.00. The van der Waals surface area contributed by atoms with E-state index in [4.69, 9.17) is 4.42 Å². The molecule has 0 N–H and O–H groups in total. The molecule has 0 amide bonds. The largest absolute Gasteiger partial charge is 0.461 e. The van der Waals surface area contributed by atoms with Gasteiger partial charge < -0.3 is 4.42 Å². The molecule has 0 aliphatic heterocycles. The first kappa shape index (κ1) is 14.4. The van der Waals surface area contributed by atoms with Crippen molar-refractivity contribution in [2.24, 2.45) is 0 Å². The Morgan fingerprint density at radius 1 is 1.25 bits per heavy atom. The molecule has 3 aromatic rings. The van der Waals surface area contributed by atoms with Gasteiger partial charge in [0.15, 0.2) is 5.76 Å². The summed E-state index contributed by atoms with van der Waals surface area (Å²) in [5.41, 5.74) is 0.599. The van der Waals surface area contributed by atoms with Crippen LogP contribution in [0.3, 0.4) is 0 Å². The fourth-order valence-corrected chi connectivity index (χ4v) is 2.65. The van der Waals surface area contributed by atoms with E-state index in [0.29, 0.717) is 11.6 Å². The lowest BCUT2D eigenvalue weighted by Gasteiger charge is -2.00. The van der Waals surface area contributed by atoms with Crippen molar-refractivity contribution in [3.63, 3.8) is 0 Å². The quantitative estimate of drug-likeness (QED) is 0.530. The Balaban J connectivity index is 1.70. The predicted octanol–water partition coefficient (Wildman–Crippen LogP) is 2.60. The Kier molecular flexibility index (Phi) is 3.30. The summed E-state index contributed by atoms with van der Waals surface area (Å²) in [6.45, 7) is 0.254. The van der Waals surface area contributed by atoms with E-state index in [-0.39, 0.29) is 24.0 Å². The molecule has 8 nitrogen and oxygen atoms in total. The molecule has 4 rings (SSSR count). The van der Waals surface area contributed by atoms with E-state index < -0.39 is 4.92 Å². The number of nitro groups is 1. The fourth-order valence-electron chi connectivity index (χ4n) is 2.65. The van der Waals surface area contributed by atoms with Gasteiger partial charge in [-0.3, -0.25) is 14.7 Å². The Bertz CT molecular complexity index is 934. The van der Waals surface area contributed by atoms with Crippen LogP contribution < -0.4 is 5.69 Å². The molecule has 0 saturated heterocycles. The van der Waals surface area contributed by atoms with Crippen molar-refractivity contribution >= 4 is 5.69 Å². The van der Waals surface area contributed by atoms with Gasteiger partial charge in [-0.2, -0.15) is 0 Å². The van der Waals surface area contributed by atoms with Gasteiger partial charge in [0.1, 0.15) is 0 Å². The molecular formula is C16H14N4O4. The number of nitrogens with zero attached hydrogens (tertiary/aromatic N) is 4. The Hall–Kier alpha value is -3.16. The average Bonchev–Trinajstić information content (AvgIpc) is 3.15. The van der Waals surface area contributed by atoms with Crippen molar-refractivity contribution in [2.45, 2.75) is 25.4 Å². The minimum absolute atomic E-state index is 0.0193. The SMILES string of the molecule is O=c1n(Cc2ccc([N+](=O)[O-])cc2)nc(-c2ccco2)n1C1CC1. The van der Waals surface area contributed by atoms with Crippen molar-refractivity contribution < 1.29 is 9.34 Å². The van der Waals surface area contributed by atoms with Crippen molar-refractivity contribution in [2.75, 3.05) is 0 Å². The van der Waals surface area contributed by atoms with E-state index in [9.17, 15) is 14.9 Å². The number of aromatic nitrogens is 3. The standard InChI is InChI=1S/C16H14N4O4/c21-16-18(10-11-3-5-13(6-4-11)20(22)23)17-15(14-2-1-9-24-14)19(16)12-7-8-12/h1-6,9,12H,7-8,10H2. The molecule has 8 heteroatoms. The molecule has 0 atom stereocenters. The Morgan fingerprint density at radius 2 is 2.00 bits per heavy atom. The second kappa shape index (κ2) is 5.48. The fraction of sp³-hybridized carbons (Fsp3) is 0.250. The van der Waals surface area contributed by atoms with Crippen molar-refractivity contribution in [1.29, 1.82) is 0 Å². The lowest BCUT2D eigenvalue weighted by atomic mass is 10.2. The summed E-state index contributed by atoms with van der Waals surface area (Å²) in [6.07, 6.45) is 3.46. The van der Waals surface area contributed by atoms with Gasteiger partial charge in [-0.05, 0) is 30.5 Å². The molecule has 1 aliphatic carbocycles. The maximum Gasteiger partial charge on any atom is 0.346 e. The minimum atomic E-state index is -0.452. The van der Waals surface area contributed by atoms with Gasteiger partial charge in [0.25, 0.3) is 5.69 Å². The summed E-state index contributed by atoms with van der Waals surface area (Å²) >= 11 is 0. The van der Waals surface area contributed by atoms with Gasteiger partial charge in [-0.15, -0.1) is 5.10 Å². The van der Waals surface area contributed by atoms with Gasteiger partial charge in [0.05, 0.1) is 17.7 Å². The number of hydrogen-bond donors (Lipinski definition) is 0. The van der Waals surface area contributed by atoms with Crippen LogP contribution in [0.1, 0.15) is 24.4 Å². The minimum Gasteiger partial charge on any atom is -0.461 e. The Labute approximate surface area is 136 Å². The summed E-state index contributed by atoms with van der Waals surface area (Å²) in [6, 6.07) is 9.81. The van der Waals surface area contributed by atoms with E-state index in [2.05, 4.69) is 5.10 Å². The lowest BCUT2D eigenvalue weighted by Crippen LogP contribution is -2.25. The second-order valence-electron chi connectivity index (χ2n) is 5.77. The molecule has 1 aliphatic rings. The van der Waals surface area contributed by atoms with Crippen LogP contribution in [0.5, 0.6) is 0 Å². The first-order valence-electron chi connectivity index (χ1n) is 7.60. The van der Waals surface area contributed by atoms with Crippen molar-refractivity contribution in [1.82, 2.24) is 14.3 Å². The second-order valence-corrected chi connectivity index (χ2v) is 5.77. The Morgan fingerprint density at radius 3 is 2.58 bits per heavy atom. The highest BCUT2D eigenvalue weighted by molar-refractivity contribution is 5.46. The molecule has 0 radical (unpaired) electrons. The zero-order valence-corrected chi connectivity index (χ0v) is 12.7. The van der Waals surface area contributed by atoms with Crippen LogP contribution in [-0.2, 0) is 6.54 Å². The van der Waals surface area contributed by atoms with E-state index >= 15 is 0 Å². The van der Waals surface area contributed by atoms with Gasteiger partial charge in [0.2, 0.25) is 5.82 Å². The number of furan rings is 1. The van der Waals surface area contributed by atoms with Crippen LogP contribution in [0.2, 0.25) is 0 Å². The molecule has 0 unspecified atom stereocenters. The zero-order valence-electron chi connectivity index (χ0n) is 12.7. The maximum atomic E-state index is 12.7. The zero-order chi connectivity index (χ0) is 16.7. The van der Waals surface area contributed by atoms with E-state index in [0.717, 1.165) is 18.4 Å². The highest BCUT2D eigenvalue weighted by atomic mass is 16.6. The number of nitro benzene ring substituents is 1. The monoisotopic (exact) mass is 326 g/mol. The average molecular weight is 326 g/mol. The number of non-ortho nitro benzene ring substituents is 1. The van der Waals surface area contributed by atoms with Crippen LogP contribution in [-0.4, -0.2) is 19.3 Å². The van der Waals surface area contributed by atoms with Crippen molar-refractivity contribution in [3.8, 4) is 11.6 Å². The van der Waals surface area contributed by atoms with E-state index in [1.54, 1.807) is 35.1 Å². The summed E-state index contributed by atoms with van der Waals surface area (Å²) in [7, 11) is 0. The summed E-state index contributed by atoms with van der Waals surface area (Å²) in [5.74, 6) is 1.08. The molecule has 0 spiro atoms. The number of hydrogen-bond acceptors (Lipinski definition) is 5. The molecule has 1 fully saturated rings. The molecule has 2 aromatic heterocycles. The molecule has 1 saturated carbocycles. The summed E-state index contributed by atoms with van der Waals surface area (Å²) in [4.78, 5) is 22.9. The van der Waals surface area contributed by atoms with Gasteiger partial charge in [-0.1, -0.05) is 12.1 Å². The van der Waals surface area contributed by atoms with Crippen LogP contribution in [0.4, 0.5) is 5.69 Å². The van der Waals surface area contributed by atoms with E-state index in [1.807, 2.05) is 0 Å². The third kappa shape index (κ3) is 2.51. The van der Waals surface area contributed by atoms with Gasteiger partial charge >= 0.3 is 5.69 Å². The van der Waals surface area contributed by atoms with Crippen LogP contribution in [0.15, 0.2) is 51.9 Å². The summed E-state index contributed by atoms with van der Waals surface area (Å²) in [5, 5.41) is 15.1. The van der Waals surface area contributed by atoms with Crippen LogP contribution >= 0.6 is 0 Å². The molecule has 24 heavy (non-hydrogen) atoms. The number of rotatable bonds is 5. The maximum absolute atomic E-state index is 12.7. The molecule has 0 bridgehead atoms. The first-order valence-corrected chi connectivity index (χ1v) is 7.60. The normalized spacial score (nSPS) is 14.0. The molecule has 122 valence electrons. The topological polar surface area (TPSA) is 96.1 Å². The smallest absolute Gasteiger partial charge is 0.346 e. The lowest BCUT2D eigenvalue weighted by molar-refractivity contribution is -0.384. The first-order chi connectivity index (χ1) is 11.6. The summed E-state index contributed by atoms with van der Waals surface area (Å²) < 4.78 is 8.43. The van der Waals surface area contributed by atoms with E-state index in [1.165, 1.54) is 16.8 Å². The van der Waals surface area contributed by atoms with Gasteiger partial charge in [-0.25, -0.2) is 9.48 Å². The molecule has 2 heterocycles. The molecular weight excluding hydrogens is 312 g/mol. The van der Waals surface area contributed by atoms with Crippen LogP contribution in [0.25, 0.3) is 11.6 Å². The van der Waals surface area contributed by atoms with Crippen LogP contribution in [0, 0.1) is 10.1 Å². The highest BCUT2D eigenvalue weighted by Gasteiger charge is 2.31. The van der Waals surface area contributed by atoms with Gasteiger partial charge in [0, 0.05) is 18.2 Å². The number of benzene rings is 1. The molecule has 1 aromatic carbocycles. The van der Waals surface area contributed by atoms with Crippen molar-refractivity contribution in [3.05, 3.63) is 68.8 Å². The predicted molar refractivity (Wildman–Crippen MR) is 84.7 cm³/mol.